The van der Waals surface area contributed by atoms with Crippen molar-refractivity contribution in [2.75, 3.05) is 19.0 Å². The molecule has 0 aromatic carbocycles. The number of rotatable bonds is 6. The maximum absolute atomic E-state index is 5.09. The summed E-state index contributed by atoms with van der Waals surface area (Å²) in [6.07, 6.45) is 5.46. The van der Waals surface area contributed by atoms with E-state index in [9.17, 15) is 0 Å². The summed E-state index contributed by atoms with van der Waals surface area (Å²) in [6, 6.07) is 1.80. The van der Waals surface area contributed by atoms with Gasteiger partial charge in [0.1, 0.15) is 5.82 Å². The summed E-state index contributed by atoms with van der Waals surface area (Å²) in [5.74, 6) is 2.18. The molecule has 2 aromatic heterocycles. The lowest BCUT2D eigenvalue weighted by Crippen LogP contribution is -2.08. The van der Waals surface area contributed by atoms with E-state index in [0.29, 0.717) is 11.8 Å². The van der Waals surface area contributed by atoms with Crippen LogP contribution in [0.1, 0.15) is 17.9 Å². The van der Waals surface area contributed by atoms with E-state index in [1.165, 1.54) is 0 Å². The van der Waals surface area contributed by atoms with Crippen LogP contribution < -0.4 is 10.1 Å². The number of aryl methyl sites for hydroxylation is 2. The van der Waals surface area contributed by atoms with Crippen molar-refractivity contribution < 1.29 is 4.74 Å². The minimum Gasteiger partial charge on any atom is -0.481 e. The molecule has 0 spiro atoms. The number of hydrogen-bond donors (Lipinski definition) is 2. The second-order valence-electron chi connectivity index (χ2n) is 3.94. The van der Waals surface area contributed by atoms with E-state index in [0.717, 1.165) is 30.9 Å². The van der Waals surface area contributed by atoms with Gasteiger partial charge in [-0.2, -0.15) is 4.98 Å². The van der Waals surface area contributed by atoms with Gasteiger partial charge in [-0.15, -0.1) is 0 Å². The van der Waals surface area contributed by atoms with Crippen LogP contribution in [0.2, 0.25) is 0 Å². The van der Waals surface area contributed by atoms with Crippen molar-refractivity contribution in [3.8, 4) is 5.88 Å². The van der Waals surface area contributed by atoms with Crippen LogP contribution in [0.3, 0.4) is 0 Å². The van der Waals surface area contributed by atoms with Crippen LogP contribution in [0.5, 0.6) is 5.88 Å². The van der Waals surface area contributed by atoms with E-state index in [4.69, 9.17) is 4.74 Å². The van der Waals surface area contributed by atoms with E-state index in [-0.39, 0.29) is 0 Å². The van der Waals surface area contributed by atoms with Gasteiger partial charge in [0.2, 0.25) is 11.8 Å². The van der Waals surface area contributed by atoms with Crippen molar-refractivity contribution in [3.05, 3.63) is 30.0 Å². The molecule has 0 radical (unpaired) electrons. The molecule has 0 atom stereocenters. The van der Waals surface area contributed by atoms with Crippen molar-refractivity contribution in [1.82, 2.24) is 19.9 Å². The number of hydrogen-bond acceptors (Lipinski definition) is 5. The molecule has 96 valence electrons. The number of aromatic amines is 1. The molecule has 0 amide bonds. The molecule has 2 aromatic rings. The Morgan fingerprint density at radius 2 is 2.28 bits per heavy atom. The van der Waals surface area contributed by atoms with Crippen LogP contribution in [0.25, 0.3) is 0 Å². The predicted octanol–water partition coefficient (Wildman–Crippen LogP) is 1.56. The maximum Gasteiger partial charge on any atom is 0.226 e. The summed E-state index contributed by atoms with van der Waals surface area (Å²) in [4.78, 5) is 15.8. The highest BCUT2D eigenvalue weighted by Gasteiger charge is 2.01. The zero-order chi connectivity index (χ0) is 12.8. The van der Waals surface area contributed by atoms with Crippen molar-refractivity contribution in [1.29, 1.82) is 0 Å². The van der Waals surface area contributed by atoms with Gasteiger partial charge >= 0.3 is 0 Å². The summed E-state index contributed by atoms with van der Waals surface area (Å²) in [6.45, 7) is 2.71. The number of ether oxygens (including phenoxy) is 1. The normalized spacial score (nSPS) is 10.3. The van der Waals surface area contributed by atoms with Crippen molar-refractivity contribution in [3.63, 3.8) is 0 Å². The molecule has 18 heavy (non-hydrogen) atoms. The molecule has 0 aliphatic carbocycles. The summed E-state index contributed by atoms with van der Waals surface area (Å²) in [7, 11) is 1.60. The number of H-pyrrole nitrogens is 1. The third-order valence-corrected chi connectivity index (χ3v) is 2.47. The number of anilines is 1. The van der Waals surface area contributed by atoms with E-state index in [2.05, 4.69) is 25.3 Å². The molecule has 0 aliphatic heterocycles. The van der Waals surface area contributed by atoms with Gasteiger partial charge in [-0.25, -0.2) is 9.97 Å². The minimum absolute atomic E-state index is 0.580. The van der Waals surface area contributed by atoms with Gasteiger partial charge in [-0.05, 0) is 13.3 Å². The van der Waals surface area contributed by atoms with Gasteiger partial charge in [0.05, 0.1) is 7.11 Å². The lowest BCUT2D eigenvalue weighted by molar-refractivity contribution is 0.397. The Morgan fingerprint density at radius 3 is 3.00 bits per heavy atom. The summed E-state index contributed by atoms with van der Waals surface area (Å²) < 4.78 is 5.09. The van der Waals surface area contributed by atoms with E-state index < -0.39 is 0 Å². The third-order valence-electron chi connectivity index (χ3n) is 2.47. The van der Waals surface area contributed by atoms with Crippen molar-refractivity contribution in [2.45, 2.75) is 19.8 Å². The largest absolute Gasteiger partial charge is 0.481 e. The molecule has 0 unspecified atom stereocenters. The van der Waals surface area contributed by atoms with Crippen LogP contribution in [-0.2, 0) is 6.42 Å². The van der Waals surface area contributed by atoms with Crippen LogP contribution in [0.15, 0.2) is 18.5 Å². The number of imidazole rings is 1. The van der Waals surface area contributed by atoms with Crippen molar-refractivity contribution in [2.24, 2.45) is 0 Å². The first-order valence-electron chi connectivity index (χ1n) is 5.90. The Bertz CT molecular complexity index is 483. The second-order valence-corrected chi connectivity index (χ2v) is 3.94. The molecule has 6 nitrogen and oxygen atoms in total. The summed E-state index contributed by atoms with van der Waals surface area (Å²) in [5.41, 5.74) is 0.885. The first-order chi connectivity index (χ1) is 8.78. The fraction of sp³-hybridized carbons (Fsp3) is 0.417. The van der Waals surface area contributed by atoms with E-state index in [1.54, 1.807) is 19.4 Å². The van der Waals surface area contributed by atoms with Gasteiger partial charge in [-0.1, -0.05) is 0 Å². The molecule has 0 aliphatic rings. The fourth-order valence-electron chi connectivity index (χ4n) is 1.61. The standard InChI is InChI=1S/C12H17N5O/c1-9-8-11(18-2)17-12(16-9)15-5-3-4-10-13-6-7-14-10/h6-8H,3-5H2,1-2H3,(H,13,14)(H,15,16,17). The molecule has 2 N–H and O–H groups in total. The molecular formula is C12H17N5O. The summed E-state index contributed by atoms with van der Waals surface area (Å²) >= 11 is 0. The van der Waals surface area contributed by atoms with Gasteiger partial charge < -0.3 is 15.0 Å². The van der Waals surface area contributed by atoms with Crippen LogP contribution in [0.4, 0.5) is 5.95 Å². The van der Waals surface area contributed by atoms with Crippen LogP contribution >= 0.6 is 0 Å². The highest BCUT2D eigenvalue weighted by atomic mass is 16.5. The third kappa shape index (κ3) is 3.44. The zero-order valence-corrected chi connectivity index (χ0v) is 10.6. The number of nitrogens with zero attached hydrogens (tertiary/aromatic N) is 3. The monoisotopic (exact) mass is 247 g/mol. The van der Waals surface area contributed by atoms with Gasteiger partial charge in [0.15, 0.2) is 0 Å². The Balaban J connectivity index is 1.81. The lowest BCUT2D eigenvalue weighted by atomic mass is 10.3. The van der Waals surface area contributed by atoms with Crippen LogP contribution in [-0.4, -0.2) is 33.6 Å². The highest BCUT2D eigenvalue weighted by molar-refractivity contribution is 5.30. The Morgan fingerprint density at radius 1 is 1.39 bits per heavy atom. The Hall–Kier alpha value is -2.11. The molecule has 0 bridgehead atoms. The Kier molecular flexibility index (Phi) is 4.11. The molecule has 2 rings (SSSR count). The Labute approximate surface area is 106 Å². The van der Waals surface area contributed by atoms with E-state index >= 15 is 0 Å². The van der Waals surface area contributed by atoms with E-state index in [1.807, 2.05) is 13.1 Å². The molecule has 2 heterocycles. The smallest absolute Gasteiger partial charge is 0.226 e. The average Bonchev–Trinajstić information content (AvgIpc) is 2.87. The SMILES string of the molecule is COc1cc(C)nc(NCCCc2ncc[nH]2)n1. The van der Waals surface area contributed by atoms with Crippen LogP contribution in [0, 0.1) is 6.92 Å². The van der Waals surface area contributed by atoms with Gasteiger partial charge in [0, 0.05) is 37.1 Å². The summed E-state index contributed by atoms with van der Waals surface area (Å²) in [5, 5.41) is 3.18. The molecule has 0 saturated heterocycles. The minimum atomic E-state index is 0.580. The first-order valence-corrected chi connectivity index (χ1v) is 5.90. The lowest BCUT2D eigenvalue weighted by Gasteiger charge is -2.06. The quantitative estimate of drug-likeness (QED) is 0.758. The second kappa shape index (κ2) is 6.00. The topological polar surface area (TPSA) is 75.7 Å². The molecule has 0 saturated carbocycles. The number of nitrogens with one attached hydrogen (secondary N) is 2. The van der Waals surface area contributed by atoms with Gasteiger partial charge in [0.25, 0.3) is 0 Å². The predicted molar refractivity (Wildman–Crippen MR) is 68.7 cm³/mol. The zero-order valence-electron chi connectivity index (χ0n) is 10.6. The fourth-order valence-corrected chi connectivity index (χ4v) is 1.61. The number of aromatic nitrogens is 4. The highest BCUT2D eigenvalue weighted by Crippen LogP contribution is 2.11. The van der Waals surface area contributed by atoms with Crippen molar-refractivity contribution >= 4 is 5.95 Å². The number of methoxy groups -OCH3 is 1. The average molecular weight is 247 g/mol. The molecule has 0 fully saturated rings. The molecule has 6 heteroatoms. The maximum atomic E-state index is 5.09. The molecular weight excluding hydrogens is 230 g/mol. The first kappa shape index (κ1) is 12.3. The van der Waals surface area contributed by atoms with Gasteiger partial charge in [-0.3, -0.25) is 0 Å².